The highest BCUT2D eigenvalue weighted by Crippen LogP contribution is 2.31. The molecular formula is C15H12BrN3S. The average Bonchev–Trinajstić information content (AvgIpc) is 2.49. The van der Waals surface area contributed by atoms with Crippen molar-refractivity contribution in [1.82, 2.24) is 9.97 Å². The third-order valence-electron chi connectivity index (χ3n) is 2.98. The number of hydrogen-bond donors (Lipinski definition) is 1. The van der Waals surface area contributed by atoms with Gasteiger partial charge in [-0.15, -0.1) is 11.8 Å². The molecular weight excluding hydrogens is 334 g/mol. The van der Waals surface area contributed by atoms with Crippen LogP contribution in [0.5, 0.6) is 0 Å². The molecule has 5 heteroatoms. The lowest BCUT2D eigenvalue weighted by Crippen LogP contribution is -1.92. The highest BCUT2D eigenvalue weighted by atomic mass is 79.9. The molecule has 20 heavy (non-hydrogen) atoms. The fourth-order valence-electron chi connectivity index (χ4n) is 1.95. The Labute approximate surface area is 129 Å². The fraction of sp³-hybridized carbons (Fsp3) is 0.0667. The molecule has 1 heterocycles. The molecule has 0 radical (unpaired) electrons. The van der Waals surface area contributed by atoms with Crippen molar-refractivity contribution in [3.05, 3.63) is 58.8 Å². The molecule has 0 spiro atoms. The van der Waals surface area contributed by atoms with Gasteiger partial charge in [-0.2, -0.15) is 0 Å². The monoisotopic (exact) mass is 345 g/mol. The Morgan fingerprint density at radius 1 is 1.05 bits per heavy atom. The van der Waals surface area contributed by atoms with Gasteiger partial charge in [-0.1, -0.05) is 30.3 Å². The van der Waals surface area contributed by atoms with Crippen LogP contribution in [0.3, 0.4) is 0 Å². The summed E-state index contributed by atoms with van der Waals surface area (Å²) >= 11 is 5.22. The van der Waals surface area contributed by atoms with Crippen molar-refractivity contribution >= 4 is 44.3 Å². The van der Waals surface area contributed by atoms with Gasteiger partial charge in [0.05, 0.1) is 5.52 Å². The molecule has 100 valence electrons. The topological polar surface area (TPSA) is 51.8 Å². The maximum atomic E-state index is 5.90. The summed E-state index contributed by atoms with van der Waals surface area (Å²) in [5.74, 6) is 0.812. The third-order valence-corrected chi connectivity index (χ3v) is 5.00. The van der Waals surface area contributed by atoms with Crippen LogP contribution in [0.2, 0.25) is 0 Å². The number of nitrogen functional groups attached to an aromatic ring is 1. The van der Waals surface area contributed by atoms with E-state index < -0.39 is 0 Å². The van der Waals surface area contributed by atoms with Gasteiger partial charge in [-0.3, -0.25) is 0 Å². The van der Waals surface area contributed by atoms with Gasteiger partial charge in [0, 0.05) is 21.3 Å². The number of nitrogens with zero attached hydrogens (tertiary/aromatic N) is 2. The van der Waals surface area contributed by atoms with Crippen molar-refractivity contribution in [1.29, 1.82) is 0 Å². The molecule has 0 atom stereocenters. The molecule has 0 saturated heterocycles. The van der Waals surface area contributed by atoms with Crippen molar-refractivity contribution in [2.75, 3.05) is 5.73 Å². The molecule has 0 bridgehead atoms. The number of fused-ring (bicyclic) bond motifs is 1. The first kappa shape index (κ1) is 13.4. The predicted octanol–water partition coefficient (Wildman–Crippen LogP) is 4.27. The van der Waals surface area contributed by atoms with Gasteiger partial charge >= 0.3 is 0 Å². The lowest BCUT2D eigenvalue weighted by molar-refractivity contribution is 1.10. The lowest BCUT2D eigenvalue weighted by Gasteiger charge is -2.07. The number of hydrogen-bond acceptors (Lipinski definition) is 4. The van der Waals surface area contributed by atoms with Crippen LogP contribution in [0.25, 0.3) is 10.9 Å². The Kier molecular flexibility index (Phi) is 3.89. The maximum absolute atomic E-state index is 5.90. The molecule has 0 aliphatic rings. The van der Waals surface area contributed by atoms with E-state index in [4.69, 9.17) is 5.73 Å². The van der Waals surface area contributed by atoms with E-state index >= 15 is 0 Å². The van der Waals surface area contributed by atoms with Crippen LogP contribution in [0, 0.1) is 0 Å². The summed E-state index contributed by atoms with van der Waals surface area (Å²) in [6.45, 7) is 0. The Morgan fingerprint density at radius 3 is 2.80 bits per heavy atom. The Hall–Kier alpha value is -1.59. The molecule has 0 aliphatic carbocycles. The summed E-state index contributed by atoms with van der Waals surface area (Å²) in [5, 5.41) is 2.07. The van der Waals surface area contributed by atoms with Crippen LogP contribution in [-0.4, -0.2) is 9.97 Å². The predicted molar refractivity (Wildman–Crippen MR) is 87.7 cm³/mol. The number of benzene rings is 2. The molecule has 0 saturated carbocycles. The zero-order valence-corrected chi connectivity index (χ0v) is 13.0. The number of anilines is 1. The zero-order chi connectivity index (χ0) is 13.9. The van der Waals surface area contributed by atoms with Gasteiger partial charge < -0.3 is 5.73 Å². The van der Waals surface area contributed by atoms with Crippen LogP contribution in [-0.2, 0) is 5.75 Å². The molecule has 0 aliphatic heterocycles. The van der Waals surface area contributed by atoms with E-state index in [1.807, 2.05) is 36.4 Å². The molecule has 3 rings (SSSR count). The van der Waals surface area contributed by atoms with Crippen molar-refractivity contribution in [3.8, 4) is 0 Å². The lowest BCUT2D eigenvalue weighted by atomic mass is 10.2. The first-order valence-corrected chi connectivity index (χ1v) is 7.89. The molecule has 2 aromatic carbocycles. The number of nitrogens with two attached hydrogens (primary N) is 1. The first-order valence-electron chi connectivity index (χ1n) is 6.11. The van der Waals surface area contributed by atoms with Crippen LogP contribution >= 0.6 is 27.7 Å². The van der Waals surface area contributed by atoms with Gasteiger partial charge in [0.25, 0.3) is 0 Å². The summed E-state index contributed by atoms with van der Waals surface area (Å²) < 4.78 is 0.964. The van der Waals surface area contributed by atoms with Crippen molar-refractivity contribution in [2.24, 2.45) is 0 Å². The van der Waals surface area contributed by atoms with E-state index in [9.17, 15) is 0 Å². The molecule has 3 aromatic rings. The Bertz CT molecular complexity index is 756. The Morgan fingerprint density at radius 2 is 1.90 bits per heavy atom. The minimum absolute atomic E-state index is 0.760. The molecule has 1 aromatic heterocycles. The highest BCUT2D eigenvalue weighted by molar-refractivity contribution is 9.10. The summed E-state index contributed by atoms with van der Waals surface area (Å²) in [4.78, 5) is 8.65. The summed E-state index contributed by atoms with van der Waals surface area (Å²) in [7, 11) is 0. The minimum Gasteiger partial charge on any atom is -0.398 e. The molecule has 0 fully saturated rings. The number of aromatic nitrogens is 2. The van der Waals surface area contributed by atoms with Crippen molar-refractivity contribution in [2.45, 2.75) is 10.8 Å². The van der Waals surface area contributed by atoms with Crippen LogP contribution in [0.15, 0.2) is 58.3 Å². The van der Waals surface area contributed by atoms with Crippen molar-refractivity contribution in [3.63, 3.8) is 0 Å². The quantitative estimate of drug-likeness (QED) is 0.437. The van der Waals surface area contributed by atoms with Gasteiger partial charge in [0.15, 0.2) is 0 Å². The average molecular weight is 346 g/mol. The van der Waals surface area contributed by atoms with Gasteiger partial charge in [0.1, 0.15) is 11.4 Å². The van der Waals surface area contributed by atoms with Gasteiger partial charge in [-0.05, 0) is 33.6 Å². The van der Waals surface area contributed by atoms with Crippen molar-refractivity contribution < 1.29 is 0 Å². The van der Waals surface area contributed by atoms with Crippen LogP contribution in [0.4, 0.5) is 5.69 Å². The summed E-state index contributed by atoms with van der Waals surface area (Å²) in [6, 6.07) is 14.0. The van der Waals surface area contributed by atoms with E-state index in [1.165, 1.54) is 0 Å². The van der Waals surface area contributed by atoms with E-state index in [2.05, 4.69) is 32.0 Å². The van der Waals surface area contributed by atoms with Gasteiger partial charge in [0.2, 0.25) is 0 Å². The second-order valence-corrected chi connectivity index (χ2v) is 6.06. The van der Waals surface area contributed by atoms with E-state index in [0.29, 0.717) is 0 Å². The number of rotatable bonds is 3. The maximum Gasteiger partial charge on any atom is 0.117 e. The largest absolute Gasteiger partial charge is 0.398 e. The third kappa shape index (κ3) is 2.64. The summed E-state index contributed by atoms with van der Waals surface area (Å²) in [5.41, 5.74) is 8.79. The number of para-hydroxylation sites is 1. The van der Waals surface area contributed by atoms with Crippen LogP contribution < -0.4 is 5.73 Å². The Balaban J connectivity index is 1.89. The fourth-order valence-corrected chi connectivity index (χ4v) is 3.53. The van der Waals surface area contributed by atoms with Crippen LogP contribution in [0.1, 0.15) is 5.56 Å². The molecule has 0 unspecified atom stereocenters. The smallest absolute Gasteiger partial charge is 0.117 e. The second kappa shape index (κ2) is 5.81. The molecule has 0 amide bonds. The highest BCUT2D eigenvalue weighted by Gasteiger charge is 2.07. The van der Waals surface area contributed by atoms with Gasteiger partial charge in [-0.25, -0.2) is 9.97 Å². The zero-order valence-electron chi connectivity index (χ0n) is 10.6. The second-order valence-electron chi connectivity index (χ2n) is 4.30. The van der Waals surface area contributed by atoms with E-state index in [-0.39, 0.29) is 0 Å². The first-order chi connectivity index (χ1) is 9.75. The SMILES string of the molecule is Nc1cccc(CSc2ncnc3ccccc23)c1Br. The minimum atomic E-state index is 0.760. The molecule has 2 N–H and O–H groups in total. The summed E-state index contributed by atoms with van der Waals surface area (Å²) in [6.07, 6.45) is 1.61. The number of halogens is 1. The standard InChI is InChI=1S/C15H12BrN3S/c16-14-10(4-3-6-12(14)17)8-20-15-11-5-1-2-7-13(11)18-9-19-15/h1-7,9H,8,17H2. The van der Waals surface area contributed by atoms with E-state index in [0.717, 1.165) is 37.4 Å². The molecule has 3 nitrogen and oxygen atoms in total. The number of thioether (sulfide) groups is 1. The van der Waals surface area contributed by atoms with E-state index in [1.54, 1.807) is 18.1 Å². The normalized spacial score (nSPS) is 10.8.